The van der Waals surface area contributed by atoms with Gasteiger partial charge in [-0.15, -0.1) is 11.8 Å². The highest BCUT2D eigenvalue weighted by Crippen LogP contribution is 2.68. The maximum atomic E-state index is 14.0. The maximum absolute atomic E-state index is 14.0. The molecule has 7 rings (SSSR count). The molecule has 4 aliphatic rings. The molecule has 42 heavy (non-hydrogen) atoms. The van der Waals surface area contributed by atoms with Crippen molar-refractivity contribution < 1.29 is 14.4 Å². The first-order chi connectivity index (χ1) is 19.9. The van der Waals surface area contributed by atoms with Crippen molar-refractivity contribution in [2.24, 2.45) is 29.6 Å². The van der Waals surface area contributed by atoms with E-state index in [1.54, 1.807) is 18.7 Å². The molecule has 3 aromatic rings. The molecule has 8 unspecified atom stereocenters. The summed E-state index contributed by atoms with van der Waals surface area (Å²) in [6, 6.07) is 15.3. The van der Waals surface area contributed by atoms with Gasteiger partial charge >= 0.3 is 4.87 Å². The van der Waals surface area contributed by atoms with Crippen LogP contribution in [0.15, 0.2) is 58.4 Å². The van der Waals surface area contributed by atoms with E-state index in [0.717, 1.165) is 27.5 Å². The van der Waals surface area contributed by atoms with E-state index in [0.29, 0.717) is 5.69 Å². The van der Waals surface area contributed by atoms with Gasteiger partial charge < -0.3 is 10.3 Å². The van der Waals surface area contributed by atoms with Crippen LogP contribution in [0.1, 0.15) is 61.6 Å². The van der Waals surface area contributed by atoms with Crippen LogP contribution in [0, 0.1) is 36.5 Å². The molecule has 0 radical (unpaired) electrons. The van der Waals surface area contributed by atoms with E-state index >= 15 is 0 Å². The van der Waals surface area contributed by atoms with Crippen molar-refractivity contribution in [3.8, 4) is 0 Å². The molecule has 8 atom stereocenters. The summed E-state index contributed by atoms with van der Waals surface area (Å²) < 4.78 is 0. The molecule has 9 heteroatoms. The minimum absolute atomic E-state index is 0.0145. The molecule has 218 valence electrons. The number of likely N-dealkylation sites (tertiary alicyclic amines) is 1. The number of hydrogen-bond donors (Lipinski definition) is 2. The molecule has 1 aromatic heterocycles. The zero-order chi connectivity index (χ0) is 29.7. The number of anilines is 1. The third kappa shape index (κ3) is 4.14. The van der Waals surface area contributed by atoms with Crippen LogP contribution < -0.4 is 10.2 Å². The van der Waals surface area contributed by atoms with Crippen LogP contribution in [0.3, 0.4) is 0 Å². The van der Waals surface area contributed by atoms with E-state index in [2.05, 4.69) is 55.3 Å². The summed E-state index contributed by atoms with van der Waals surface area (Å²) in [6.07, 6.45) is 0.822. The van der Waals surface area contributed by atoms with Crippen molar-refractivity contribution in [1.82, 2.24) is 9.88 Å². The quantitative estimate of drug-likeness (QED) is 0.383. The minimum Gasteiger partial charge on any atom is -0.324 e. The van der Waals surface area contributed by atoms with Crippen LogP contribution in [-0.2, 0) is 19.8 Å². The number of nitrogens with one attached hydrogen (secondary N) is 2. The monoisotopic (exact) mass is 601 g/mol. The Hall–Kier alpha value is -3.17. The van der Waals surface area contributed by atoms with Gasteiger partial charge in [0.25, 0.3) is 0 Å². The lowest BCUT2D eigenvalue weighted by atomic mass is 9.68. The molecule has 0 spiro atoms. The number of thioether (sulfide) groups is 1. The number of fused-ring (bicyclic) bond motifs is 9. The Morgan fingerprint density at radius 3 is 2.26 bits per heavy atom. The van der Waals surface area contributed by atoms with E-state index in [1.165, 1.54) is 21.8 Å². The Kier molecular flexibility index (Phi) is 6.37. The number of rotatable bonds is 4. The largest absolute Gasteiger partial charge is 0.324 e. The molecular formula is C33H35N3O4S2. The number of aromatic nitrogens is 1. The van der Waals surface area contributed by atoms with E-state index in [9.17, 15) is 19.2 Å². The second-order valence-corrected chi connectivity index (χ2v) is 15.6. The number of amides is 3. The molecule has 2 aliphatic carbocycles. The zero-order valence-electron chi connectivity index (χ0n) is 24.3. The van der Waals surface area contributed by atoms with Crippen LogP contribution in [0.2, 0.25) is 0 Å². The Balaban J connectivity index is 1.20. The van der Waals surface area contributed by atoms with Crippen molar-refractivity contribution in [2.45, 2.75) is 68.7 Å². The molecule has 2 bridgehead atoms. The van der Waals surface area contributed by atoms with Gasteiger partial charge in [-0.1, -0.05) is 74.1 Å². The predicted octanol–water partition coefficient (Wildman–Crippen LogP) is 5.54. The van der Waals surface area contributed by atoms with Gasteiger partial charge in [-0.25, -0.2) is 0 Å². The molecule has 1 saturated heterocycles. The van der Waals surface area contributed by atoms with Gasteiger partial charge in [0.05, 0.1) is 16.9 Å². The first-order valence-corrected chi connectivity index (χ1v) is 16.4. The summed E-state index contributed by atoms with van der Waals surface area (Å²) in [6.45, 7) is 10.2. The van der Waals surface area contributed by atoms with Gasteiger partial charge in [0.15, 0.2) is 0 Å². The number of H-pyrrole nitrogens is 1. The van der Waals surface area contributed by atoms with Crippen LogP contribution in [0.5, 0.6) is 0 Å². The number of imide groups is 1. The fraction of sp³-hybridized carbons (Fsp3) is 0.455. The van der Waals surface area contributed by atoms with E-state index < -0.39 is 17.9 Å². The lowest BCUT2D eigenvalue weighted by molar-refractivity contribution is -0.146. The first-order valence-electron chi connectivity index (χ1n) is 14.7. The summed E-state index contributed by atoms with van der Waals surface area (Å²) in [5.41, 5.74) is 4.14. The molecular weight excluding hydrogens is 567 g/mol. The average Bonchev–Trinajstić information content (AvgIpc) is 3.68. The highest BCUT2D eigenvalue weighted by Gasteiger charge is 2.70. The summed E-state index contributed by atoms with van der Waals surface area (Å²) in [7, 11) is 0. The van der Waals surface area contributed by atoms with Crippen LogP contribution in [0.4, 0.5) is 5.69 Å². The molecule has 2 saturated carbocycles. The minimum atomic E-state index is -0.898. The highest BCUT2D eigenvalue weighted by atomic mass is 32.2. The Morgan fingerprint density at radius 2 is 1.62 bits per heavy atom. The topological polar surface area (TPSA) is 99.3 Å². The Morgan fingerprint density at radius 1 is 0.976 bits per heavy atom. The van der Waals surface area contributed by atoms with E-state index in [-0.39, 0.29) is 56.9 Å². The maximum Gasteiger partial charge on any atom is 0.305 e. The summed E-state index contributed by atoms with van der Waals surface area (Å²) in [5.74, 6) is -1.49. The Labute approximate surface area is 253 Å². The standard InChI is InChI=1S/C33H35N3O4S2/c1-15-6-12-19(13-7-15)34-28(37)16(2)36-30(38)24-20-14-21(25(24)31(36)39)26-23(20)22(27-29(41-26)35-32(40)42-27)17-8-10-18(11-9-17)33(3,4)5/h6-13,16,20-26H,14H2,1-5H3,(H,34,37)(H,35,40). The average molecular weight is 602 g/mol. The van der Waals surface area contributed by atoms with Crippen molar-refractivity contribution >= 4 is 46.5 Å². The molecule has 3 heterocycles. The number of hydrogen-bond acceptors (Lipinski definition) is 6. The molecule has 2 N–H and O–H groups in total. The van der Waals surface area contributed by atoms with Gasteiger partial charge in [-0.2, -0.15) is 0 Å². The van der Waals surface area contributed by atoms with E-state index in [1.807, 2.05) is 31.2 Å². The molecule has 3 amide bonds. The fourth-order valence-corrected chi connectivity index (χ4v) is 10.9. The normalized spacial score (nSPS) is 30.2. The predicted molar refractivity (Wildman–Crippen MR) is 165 cm³/mol. The summed E-state index contributed by atoms with van der Waals surface area (Å²) in [4.78, 5) is 58.9. The second kappa shape index (κ2) is 9.67. The first kappa shape index (κ1) is 27.7. The summed E-state index contributed by atoms with van der Waals surface area (Å²) in [5, 5.41) is 3.90. The third-order valence-corrected chi connectivity index (χ3v) is 12.6. The van der Waals surface area contributed by atoms with Crippen molar-refractivity contribution in [3.63, 3.8) is 0 Å². The van der Waals surface area contributed by atoms with Crippen LogP contribution >= 0.6 is 23.1 Å². The van der Waals surface area contributed by atoms with Crippen molar-refractivity contribution in [2.75, 3.05) is 5.32 Å². The summed E-state index contributed by atoms with van der Waals surface area (Å²) >= 11 is 2.95. The van der Waals surface area contributed by atoms with Crippen molar-refractivity contribution in [1.29, 1.82) is 0 Å². The fourth-order valence-electron chi connectivity index (χ4n) is 7.99. The van der Waals surface area contributed by atoms with Crippen LogP contribution in [0.25, 0.3) is 0 Å². The number of carbonyl (C=O) groups is 3. The zero-order valence-corrected chi connectivity index (χ0v) is 26.0. The number of benzene rings is 2. The van der Waals surface area contributed by atoms with Crippen molar-refractivity contribution in [3.05, 3.63) is 79.8 Å². The number of carbonyl (C=O) groups excluding carboxylic acids is 3. The molecule has 2 aromatic carbocycles. The van der Waals surface area contributed by atoms with Gasteiger partial charge in [-0.3, -0.25) is 24.1 Å². The Bertz CT molecular complexity index is 1650. The number of aryl methyl sites for hydroxylation is 1. The lowest BCUT2D eigenvalue weighted by Gasteiger charge is -2.43. The number of thiazole rings is 1. The van der Waals surface area contributed by atoms with Gasteiger partial charge in [0.2, 0.25) is 17.7 Å². The highest BCUT2D eigenvalue weighted by molar-refractivity contribution is 8.00. The van der Waals surface area contributed by atoms with Gasteiger partial charge in [0.1, 0.15) is 6.04 Å². The molecule has 2 aliphatic heterocycles. The van der Waals surface area contributed by atoms with E-state index in [4.69, 9.17) is 0 Å². The van der Waals surface area contributed by atoms with Crippen LogP contribution in [-0.4, -0.2) is 38.9 Å². The molecule has 7 nitrogen and oxygen atoms in total. The molecule has 3 fully saturated rings. The number of nitrogens with zero attached hydrogens (tertiary/aromatic N) is 1. The van der Waals surface area contributed by atoms with Gasteiger partial charge in [0, 0.05) is 21.7 Å². The SMILES string of the molecule is Cc1ccc(NC(=O)C(C)N2C(=O)C3C4CC(C3C2=O)C2C(c3ccc(C(C)(C)C)cc3)c3sc(=O)[nH]c3SC42)cc1. The smallest absolute Gasteiger partial charge is 0.305 e. The van der Waals surface area contributed by atoms with Gasteiger partial charge in [-0.05, 0) is 66.7 Å². The lowest BCUT2D eigenvalue weighted by Crippen LogP contribution is -2.46. The number of aromatic amines is 1. The second-order valence-electron chi connectivity index (χ2n) is 13.4. The third-order valence-electron chi connectivity index (χ3n) is 9.98.